The fourth-order valence-corrected chi connectivity index (χ4v) is 1.73. The number of benzene rings is 1. The predicted octanol–water partition coefficient (Wildman–Crippen LogP) is 3.63. The maximum Gasteiger partial charge on any atom is 0.131 e. The van der Waals surface area contributed by atoms with Gasteiger partial charge in [-0.2, -0.15) is 0 Å². The van der Waals surface area contributed by atoms with Crippen molar-refractivity contribution in [2.45, 2.75) is 26.2 Å². The largest absolute Gasteiger partial charge is 0.383 e. The van der Waals surface area contributed by atoms with Crippen LogP contribution < -0.4 is 5.73 Å². The topological polar surface area (TPSA) is 38.9 Å². The van der Waals surface area contributed by atoms with Crippen LogP contribution in [0.25, 0.3) is 11.1 Å². The van der Waals surface area contributed by atoms with Crippen molar-refractivity contribution >= 4 is 5.82 Å². The van der Waals surface area contributed by atoms with Crippen LogP contribution in [0.3, 0.4) is 0 Å². The number of nitrogen functional groups attached to an aromatic ring is 1. The van der Waals surface area contributed by atoms with Crippen molar-refractivity contribution in [3.05, 3.63) is 48.2 Å². The molecule has 0 radical (unpaired) electrons. The third kappa shape index (κ3) is 2.47. The van der Waals surface area contributed by atoms with Gasteiger partial charge in [0.05, 0.1) is 0 Å². The van der Waals surface area contributed by atoms with Crippen molar-refractivity contribution in [1.82, 2.24) is 4.98 Å². The van der Waals surface area contributed by atoms with Crippen molar-refractivity contribution in [1.29, 1.82) is 0 Å². The summed E-state index contributed by atoms with van der Waals surface area (Å²) in [4.78, 5) is 4.30. The summed E-state index contributed by atoms with van der Waals surface area (Å²) in [7, 11) is 0. The zero-order valence-electron chi connectivity index (χ0n) is 10.6. The lowest BCUT2D eigenvalue weighted by molar-refractivity contribution is 0.588. The summed E-state index contributed by atoms with van der Waals surface area (Å²) < 4.78 is 0. The Hall–Kier alpha value is -1.83. The number of hydrogen-bond donors (Lipinski definition) is 1. The van der Waals surface area contributed by atoms with E-state index >= 15 is 0 Å². The second-order valence-corrected chi connectivity index (χ2v) is 5.27. The van der Waals surface area contributed by atoms with Crippen LogP contribution in [0.1, 0.15) is 26.3 Å². The minimum Gasteiger partial charge on any atom is -0.383 e. The Balaban J connectivity index is 2.55. The first-order valence-electron chi connectivity index (χ1n) is 5.80. The number of nitrogens with two attached hydrogens (primary N) is 1. The van der Waals surface area contributed by atoms with E-state index in [1.54, 1.807) is 0 Å². The summed E-state index contributed by atoms with van der Waals surface area (Å²) in [6, 6.07) is 12.3. The van der Waals surface area contributed by atoms with Gasteiger partial charge in [-0.25, -0.2) is 4.98 Å². The van der Waals surface area contributed by atoms with E-state index in [0.29, 0.717) is 5.82 Å². The molecule has 0 aliphatic rings. The fraction of sp³-hybridized carbons (Fsp3) is 0.267. The summed E-state index contributed by atoms with van der Waals surface area (Å²) in [6.45, 7) is 6.53. The number of nitrogens with zero attached hydrogens (tertiary/aromatic N) is 1. The molecular formula is C15H18N2. The highest BCUT2D eigenvalue weighted by Gasteiger charge is 2.16. The highest BCUT2D eigenvalue weighted by Crippen LogP contribution is 2.29. The number of aromatic nitrogens is 1. The third-order valence-electron chi connectivity index (χ3n) is 2.87. The molecule has 0 fully saturated rings. The van der Waals surface area contributed by atoms with Crippen molar-refractivity contribution in [2.75, 3.05) is 5.73 Å². The van der Waals surface area contributed by atoms with Gasteiger partial charge in [0.25, 0.3) is 0 Å². The molecule has 0 spiro atoms. The van der Waals surface area contributed by atoms with Crippen LogP contribution in [0.4, 0.5) is 5.82 Å². The average molecular weight is 226 g/mol. The highest BCUT2D eigenvalue weighted by atomic mass is 14.8. The molecule has 1 aromatic carbocycles. The molecule has 1 aromatic heterocycles. The molecule has 0 bridgehead atoms. The summed E-state index contributed by atoms with van der Waals surface area (Å²) >= 11 is 0. The van der Waals surface area contributed by atoms with Crippen LogP contribution in [0.5, 0.6) is 0 Å². The van der Waals surface area contributed by atoms with Crippen LogP contribution in [-0.2, 0) is 5.41 Å². The van der Waals surface area contributed by atoms with Gasteiger partial charge in [0, 0.05) is 11.8 Å². The van der Waals surface area contributed by atoms with Crippen molar-refractivity contribution in [3.63, 3.8) is 0 Å². The van der Waals surface area contributed by atoms with E-state index in [2.05, 4.69) is 44.0 Å². The van der Waals surface area contributed by atoms with E-state index in [0.717, 1.165) is 11.1 Å². The quantitative estimate of drug-likeness (QED) is 0.806. The first-order chi connectivity index (χ1) is 7.98. The second kappa shape index (κ2) is 4.21. The molecule has 2 heteroatoms. The Kier molecular flexibility index (Phi) is 2.88. The number of pyridine rings is 1. The Morgan fingerprint density at radius 2 is 1.71 bits per heavy atom. The standard InChI is InChI=1S/C15H18N2/c1-15(2,3)12-9-13(14(16)17-10-12)11-7-5-4-6-8-11/h4-10H,1-3H3,(H2,16,17). The van der Waals surface area contributed by atoms with Crippen LogP contribution in [-0.4, -0.2) is 4.98 Å². The van der Waals surface area contributed by atoms with Crippen LogP contribution >= 0.6 is 0 Å². The van der Waals surface area contributed by atoms with E-state index in [4.69, 9.17) is 5.73 Å². The van der Waals surface area contributed by atoms with E-state index in [1.807, 2.05) is 24.4 Å². The summed E-state index contributed by atoms with van der Waals surface area (Å²) in [5, 5.41) is 0. The Labute approximate surface area is 103 Å². The molecule has 0 amide bonds. The van der Waals surface area contributed by atoms with Crippen LogP contribution in [0.2, 0.25) is 0 Å². The van der Waals surface area contributed by atoms with Crippen molar-refractivity contribution in [2.24, 2.45) is 0 Å². The Morgan fingerprint density at radius 3 is 2.29 bits per heavy atom. The van der Waals surface area contributed by atoms with Crippen molar-refractivity contribution in [3.8, 4) is 11.1 Å². The number of rotatable bonds is 1. The van der Waals surface area contributed by atoms with E-state index < -0.39 is 0 Å². The molecule has 2 aromatic rings. The zero-order valence-corrected chi connectivity index (χ0v) is 10.6. The van der Waals surface area contributed by atoms with E-state index in [9.17, 15) is 0 Å². The van der Waals surface area contributed by atoms with Crippen LogP contribution in [0.15, 0.2) is 42.6 Å². The minimum atomic E-state index is 0.0875. The Morgan fingerprint density at radius 1 is 1.06 bits per heavy atom. The number of hydrogen-bond acceptors (Lipinski definition) is 2. The molecule has 0 saturated carbocycles. The summed E-state index contributed by atoms with van der Waals surface area (Å²) in [5.41, 5.74) is 9.37. The lowest BCUT2D eigenvalue weighted by Gasteiger charge is -2.20. The molecule has 0 saturated heterocycles. The first-order valence-corrected chi connectivity index (χ1v) is 5.80. The van der Waals surface area contributed by atoms with Gasteiger partial charge in [0.2, 0.25) is 0 Å². The molecule has 2 rings (SSSR count). The smallest absolute Gasteiger partial charge is 0.131 e. The van der Waals surface area contributed by atoms with Gasteiger partial charge < -0.3 is 5.73 Å². The average Bonchev–Trinajstić information content (AvgIpc) is 2.29. The lowest BCUT2D eigenvalue weighted by Crippen LogP contribution is -2.12. The van der Waals surface area contributed by atoms with Gasteiger partial charge in [-0.1, -0.05) is 51.1 Å². The molecule has 17 heavy (non-hydrogen) atoms. The maximum atomic E-state index is 5.95. The van der Waals surface area contributed by atoms with Crippen molar-refractivity contribution < 1.29 is 0 Å². The minimum absolute atomic E-state index is 0.0875. The van der Waals surface area contributed by atoms with Gasteiger partial charge in [0.1, 0.15) is 5.82 Å². The first kappa shape index (κ1) is 11.6. The molecule has 2 nitrogen and oxygen atoms in total. The zero-order chi connectivity index (χ0) is 12.5. The SMILES string of the molecule is CC(C)(C)c1cnc(N)c(-c2ccccc2)c1. The molecule has 0 unspecified atom stereocenters. The monoisotopic (exact) mass is 226 g/mol. The highest BCUT2D eigenvalue weighted by molar-refractivity contribution is 5.74. The van der Waals surface area contributed by atoms with Gasteiger partial charge in [-0.15, -0.1) is 0 Å². The fourth-order valence-electron chi connectivity index (χ4n) is 1.73. The molecule has 0 atom stereocenters. The molecular weight excluding hydrogens is 208 g/mol. The predicted molar refractivity (Wildman–Crippen MR) is 72.8 cm³/mol. The molecule has 0 aliphatic carbocycles. The molecule has 2 N–H and O–H groups in total. The van der Waals surface area contributed by atoms with Gasteiger partial charge in [0.15, 0.2) is 0 Å². The third-order valence-corrected chi connectivity index (χ3v) is 2.87. The summed E-state index contributed by atoms with van der Waals surface area (Å²) in [5.74, 6) is 0.587. The second-order valence-electron chi connectivity index (χ2n) is 5.27. The van der Waals surface area contributed by atoms with Crippen LogP contribution in [0, 0.1) is 0 Å². The van der Waals surface area contributed by atoms with Gasteiger partial charge in [-0.05, 0) is 22.6 Å². The molecule has 0 aliphatic heterocycles. The normalized spacial score (nSPS) is 11.5. The van der Waals surface area contributed by atoms with Gasteiger partial charge >= 0.3 is 0 Å². The Bertz CT molecular complexity index is 510. The lowest BCUT2D eigenvalue weighted by atomic mass is 9.87. The number of anilines is 1. The molecule has 1 heterocycles. The summed E-state index contributed by atoms with van der Waals surface area (Å²) in [6.07, 6.45) is 1.86. The molecule has 88 valence electrons. The van der Waals surface area contributed by atoms with Gasteiger partial charge in [-0.3, -0.25) is 0 Å². The van der Waals surface area contributed by atoms with E-state index in [-0.39, 0.29) is 5.41 Å². The maximum absolute atomic E-state index is 5.95. The van der Waals surface area contributed by atoms with E-state index in [1.165, 1.54) is 5.56 Å².